The van der Waals surface area contributed by atoms with Crippen molar-refractivity contribution in [2.24, 2.45) is 0 Å². The highest BCUT2D eigenvalue weighted by atomic mass is 32.2. The standard InChI is InChI=1S/C22H21NO3S/c24-27(25,23-12-13-26-16-17-6-2-1-3-7-17)20-10-11-22-19(15-20)14-18-8-4-5-9-21(18)22/h1-11,15,23H,12-14,16H2. The Morgan fingerprint density at radius 3 is 2.44 bits per heavy atom. The van der Waals surface area contributed by atoms with E-state index in [0.717, 1.165) is 23.1 Å². The molecule has 1 N–H and O–H groups in total. The lowest BCUT2D eigenvalue weighted by molar-refractivity contribution is 0.126. The van der Waals surface area contributed by atoms with Crippen molar-refractivity contribution in [3.05, 3.63) is 89.5 Å². The van der Waals surface area contributed by atoms with Gasteiger partial charge < -0.3 is 4.74 Å². The summed E-state index contributed by atoms with van der Waals surface area (Å²) in [5.41, 5.74) is 5.68. The van der Waals surface area contributed by atoms with Gasteiger partial charge in [-0.1, -0.05) is 60.7 Å². The quantitative estimate of drug-likeness (QED) is 0.498. The zero-order valence-corrected chi connectivity index (χ0v) is 15.7. The Hall–Kier alpha value is -2.47. The van der Waals surface area contributed by atoms with Crippen LogP contribution in [0.5, 0.6) is 0 Å². The van der Waals surface area contributed by atoms with Crippen molar-refractivity contribution < 1.29 is 13.2 Å². The van der Waals surface area contributed by atoms with Gasteiger partial charge in [-0.3, -0.25) is 0 Å². The molecule has 1 aliphatic carbocycles. The first kappa shape index (κ1) is 17.9. The number of hydrogen-bond donors (Lipinski definition) is 1. The molecule has 0 aromatic heterocycles. The zero-order valence-electron chi connectivity index (χ0n) is 14.9. The molecule has 3 aromatic carbocycles. The highest BCUT2D eigenvalue weighted by molar-refractivity contribution is 7.89. The summed E-state index contributed by atoms with van der Waals surface area (Å²) >= 11 is 0. The smallest absolute Gasteiger partial charge is 0.240 e. The first-order valence-electron chi connectivity index (χ1n) is 8.96. The third-order valence-electron chi connectivity index (χ3n) is 4.73. The van der Waals surface area contributed by atoms with Crippen LogP contribution in [-0.2, 0) is 27.8 Å². The predicted molar refractivity (Wildman–Crippen MR) is 106 cm³/mol. The Morgan fingerprint density at radius 1 is 0.852 bits per heavy atom. The third-order valence-corrected chi connectivity index (χ3v) is 6.18. The predicted octanol–water partition coefficient (Wildman–Crippen LogP) is 3.75. The highest BCUT2D eigenvalue weighted by Crippen LogP contribution is 2.37. The number of fused-ring (bicyclic) bond motifs is 3. The minimum Gasteiger partial charge on any atom is -0.375 e. The largest absolute Gasteiger partial charge is 0.375 e. The van der Waals surface area contributed by atoms with Crippen molar-refractivity contribution in [1.82, 2.24) is 4.72 Å². The molecule has 27 heavy (non-hydrogen) atoms. The van der Waals surface area contributed by atoms with E-state index in [2.05, 4.69) is 16.9 Å². The van der Waals surface area contributed by atoms with Gasteiger partial charge in [-0.05, 0) is 46.4 Å². The molecule has 0 aliphatic heterocycles. The normalized spacial score (nSPS) is 12.6. The minimum atomic E-state index is -3.54. The van der Waals surface area contributed by atoms with Crippen molar-refractivity contribution in [2.75, 3.05) is 13.2 Å². The van der Waals surface area contributed by atoms with E-state index in [1.165, 1.54) is 11.1 Å². The van der Waals surface area contributed by atoms with Crippen LogP contribution in [0.15, 0.2) is 77.7 Å². The van der Waals surface area contributed by atoms with Crippen LogP contribution in [0.4, 0.5) is 0 Å². The maximum Gasteiger partial charge on any atom is 0.240 e. The van der Waals surface area contributed by atoms with E-state index in [9.17, 15) is 8.42 Å². The molecular weight excluding hydrogens is 358 g/mol. The summed E-state index contributed by atoms with van der Waals surface area (Å²) in [7, 11) is -3.54. The number of hydrogen-bond acceptors (Lipinski definition) is 3. The molecule has 4 nitrogen and oxygen atoms in total. The Kier molecular flexibility index (Phi) is 5.07. The summed E-state index contributed by atoms with van der Waals surface area (Å²) in [4.78, 5) is 0.303. The van der Waals surface area contributed by atoms with Gasteiger partial charge in [0.15, 0.2) is 0 Å². The van der Waals surface area contributed by atoms with Crippen molar-refractivity contribution >= 4 is 10.0 Å². The summed E-state index contributed by atoms with van der Waals surface area (Å²) in [5, 5.41) is 0. The van der Waals surface area contributed by atoms with Gasteiger partial charge in [-0.25, -0.2) is 13.1 Å². The van der Waals surface area contributed by atoms with Gasteiger partial charge in [0.05, 0.1) is 18.1 Å². The van der Waals surface area contributed by atoms with Crippen LogP contribution in [0, 0.1) is 0 Å². The molecule has 0 fully saturated rings. The van der Waals surface area contributed by atoms with Gasteiger partial charge in [0.25, 0.3) is 0 Å². The average Bonchev–Trinajstić information content (AvgIpc) is 3.06. The van der Waals surface area contributed by atoms with Crippen LogP contribution in [0.1, 0.15) is 16.7 Å². The number of benzene rings is 3. The highest BCUT2D eigenvalue weighted by Gasteiger charge is 2.21. The first-order chi connectivity index (χ1) is 13.1. The summed E-state index contributed by atoms with van der Waals surface area (Å²) in [6, 6.07) is 23.4. The maximum atomic E-state index is 12.6. The number of rotatable bonds is 7. The molecule has 0 amide bonds. The second kappa shape index (κ2) is 7.64. The second-order valence-corrected chi connectivity index (χ2v) is 8.36. The maximum absolute atomic E-state index is 12.6. The first-order valence-corrected chi connectivity index (χ1v) is 10.4. The van der Waals surface area contributed by atoms with Gasteiger partial charge in [0.1, 0.15) is 0 Å². The second-order valence-electron chi connectivity index (χ2n) is 6.59. The fourth-order valence-corrected chi connectivity index (χ4v) is 4.45. The van der Waals surface area contributed by atoms with Crippen LogP contribution >= 0.6 is 0 Å². The summed E-state index contributed by atoms with van der Waals surface area (Å²) < 4.78 is 33.3. The van der Waals surface area contributed by atoms with E-state index in [-0.39, 0.29) is 6.54 Å². The van der Waals surface area contributed by atoms with Gasteiger partial charge in [0, 0.05) is 6.54 Å². The Morgan fingerprint density at radius 2 is 1.59 bits per heavy atom. The fourth-order valence-electron chi connectivity index (χ4n) is 3.38. The fraction of sp³-hybridized carbons (Fsp3) is 0.182. The molecule has 4 rings (SSSR count). The molecule has 3 aromatic rings. The van der Waals surface area contributed by atoms with Crippen molar-refractivity contribution in [3.8, 4) is 11.1 Å². The molecule has 0 atom stereocenters. The minimum absolute atomic E-state index is 0.243. The third kappa shape index (κ3) is 3.95. The van der Waals surface area contributed by atoms with Crippen LogP contribution < -0.4 is 4.72 Å². The molecule has 5 heteroatoms. The van der Waals surface area contributed by atoms with E-state index in [1.807, 2.05) is 48.5 Å². The monoisotopic (exact) mass is 379 g/mol. The lowest BCUT2D eigenvalue weighted by atomic mass is 10.1. The van der Waals surface area contributed by atoms with Crippen LogP contribution in [0.3, 0.4) is 0 Å². The van der Waals surface area contributed by atoms with E-state index in [4.69, 9.17) is 4.74 Å². The van der Waals surface area contributed by atoms with Gasteiger partial charge in [-0.15, -0.1) is 0 Å². The number of nitrogens with one attached hydrogen (secondary N) is 1. The molecule has 0 saturated heterocycles. The summed E-state index contributed by atoms with van der Waals surface area (Å²) in [6.07, 6.45) is 0.773. The van der Waals surface area contributed by atoms with Crippen molar-refractivity contribution in [1.29, 1.82) is 0 Å². The summed E-state index contributed by atoms with van der Waals surface area (Å²) in [5.74, 6) is 0. The Balaban J connectivity index is 1.36. The van der Waals surface area contributed by atoms with Crippen molar-refractivity contribution in [3.63, 3.8) is 0 Å². The molecule has 0 radical (unpaired) electrons. The lowest BCUT2D eigenvalue weighted by Gasteiger charge is -2.09. The van der Waals surface area contributed by atoms with E-state index >= 15 is 0 Å². The molecule has 0 spiro atoms. The molecule has 0 bridgehead atoms. The number of sulfonamides is 1. The topological polar surface area (TPSA) is 55.4 Å². The Bertz CT molecular complexity index is 1050. The van der Waals surface area contributed by atoms with E-state index < -0.39 is 10.0 Å². The van der Waals surface area contributed by atoms with Gasteiger partial charge in [0.2, 0.25) is 10.0 Å². The van der Waals surface area contributed by atoms with E-state index in [0.29, 0.717) is 18.1 Å². The average molecular weight is 379 g/mol. The van der Waals surface area contributed by atoms with Crippen LogP contribution in [-0.4, -0.2) is 21.6 Å². The lowest BCUT2D eigenvalue weighted by Crippen LogP contribution is -2.27. The van der Waals surface area contributed by atoms with Gasteiger partial charge >= 0.3 is 0 Å². The molecule has 138 valence electrons. The Labute approximate surface area is 159 Å². The summed E-state index contributed by atoms with van der Waals surface area (Å²) in [6.45, 7) is 1.04. The zero-order chi connectivity index (χ0) is 18.7. The van der Waals surface area contributed by atoms with Crippen LogP contribution in [0.25, 0.3) is 11.1 Å². The molecule has 0 heterocycles. The molecule has 0 unspecified atom stereocenters. The van der Waals surface area contributed by atoms with Crippen molar-refractivity contribution in [2.45, 2.75) is 17.9 Å². The van der Waals surface area contributed by atoms with E-state index in [1.54, 1.807) is 12.1 Å². The van der Waals surface area contributed by atoms with Crippen LogP contribution in [0.2, 0.25) is 0 Å². The molecule has 1 aliphatic rings. The molecular formula is C22H21NO3S. The van der Waals surface area contributed by atoms with Gasteiger partial charge in [-0.2, -0.15) is 0 Å². The SMILES string of the molecule is O=S(=O)(NCCOCc1ccccc1)c1ccc2c(c1)Cc1ccccc1-2. The molecule has 0 saturated carbocycles. The number of ether oxygens (including phenoxy) is 1.